The number of aromatic nitrogens is 2. The van der Waals surface area contributed by atoms with Gasteiger partial charge in [-0.05, 0) is 18.6 Å². The monoisotopic (exact) mass is 180 g/mol. The fourth-order valence-electron chi connectivity index (χ4n) is 1.37. The summed E-state index contributed by atoms with van der Waals surface area (Å²) in [5.41, 5.74) is 0.739. The molecule has 0 radical (unpaired) electrons. The molecule has 1 N–H and O–H groups in total. The molecule has 0 unspecified atom stereocenters. The third-order valence-electron chi connectivity index (χ3n) is 2.02. The Labute approximate surface area is 74.4 Å². The summed E-state index contributed by atoms with van der Waals surface area (Å²) in [6, 6.07) is 1.71. The predicted molar refractivity (Wildman–Crippen MR) is 47.1 cm³/mol. The molecule has 1 aromatic carbocycles. The first-order valence-electron chi connectivity index (χ1n) is 3.91. The van der Waals surface area contributed by atoms with Gasteiger partial charge in [0.15, 0.2) is 11.6 Å². The summed E-state index contributed by atoms with van der Waals surface area (Å²) in [6.45, 7) is 1.66. The highest BCUT2D eigenvalue weighted by molar-refractivity contribution is 5.81. The number of rotatable bonds is 0. The highest BCUT2D eigenvalue weighted by atomic mass is 19.1. The molecular formula is C9H9FN2O. The molecule has 2 aromatic rings. The van der Waals surface area contributed by atoms with Crippen molar-refractivity contribution in [3.63, 3.8) is 0 Å². The van der Waals surface area contributed by atoms with Crippen LogP contribution in [0.25, 0.3) is 10.9 Å². The minimum Gasteiger partial charge on any atom is -0.505 e. The van der Waals surface area contributed by atoms with E-state index in [0.29, 0.717) is 10.9 Å². The van der Waals surface area contributed by atoms with Gasteiger partial charge in [-0.3, -0.25) is 4.68 Å². The summed E-state index contributed by atoms with van der Waals surface area (Å²) < 4.78 is 14.9. The maximum absolute atomic E-state index is 13.3. The van der Waals surface area contributed by atoms with E-state index in [2.05, 4.69) is 5.10 Å². The third kappa shape index (κ3) is 1.06. The Morgan fingerprint density at radius 3 is 2.92 bits per heavy atom. The first-order chi connectivity index (χ1) is 6.09. The fourth-order valence-corrected chi connectivity index (χ4v) is 1.37. The summed E-state index contributed by atoms with van der Waals surface area (Å²) in [5.74, 6) is -0.957. The van der Waals surface area contributed by atoms with Crippen molar-refractivity contribution in [1.29, 1.82) is 0 Å². The van der Waals surface area contributed by atoms with Crippen LogP contribution in [0.4, 0.5) is 4.39 Å². The van der Waals surface area contributed by atoms with Gasteiger partial charge in [0.25, 0.3) is 0 Å². The average Bonchev–Trinajstić information content (AvgIpc) is 2.42. The van der Waals surface area contributed by atoms with E-state index in [9.17, 15) is 9.50 Å². The molecular weight excluding hydrogens is 171 g/mol. The number of hydrogen-bond acceptors (Lipinski definition) is 2. The molecule has 0 atom stereocenters. The van der Waals surface area contributed by atoms with Crippen molar-refractivity contribution >= 4 is 10.9 Å². The Bertz CT molecular complexity index is 476. The van der Waals surface area contributed by atoms with Gasteiger partial charge in [-0.15, -0.1) is 0 Å². The highest BCUT2D eigenvalue weighted by Crippen LogP contribution is 2.27. The van der Waals surface area contributed by atoms with Crippen LogP contribution in [0.1, 0.15) is 5.56 Å². The van der Waals surface area contributed by atoms with Gasteiger partial charge in [-0.2, -0.15) is 5.10 Å². The zero-order valence-corrected chi connectivity index (χ0v) is 7.37. The second-order valence-electron chi connectivity index (χ2n) is 3.10. The number of phenols is 1. The number of nitrogens with zero attached hydrogens (tertiary/aromatic N) is 2. The van der Waals surface area contributed by atoms with Gasteiger partial charge in [0.05, 0.1) is 0 Å². The van der Waals surface area contributed by atoms with Crippen LogP contribution in [0.15, 0.2) is 12.3 Å². The van der Waals surface area contributed by atoms with E-state index in [0.717, 1.165) is 0 Å². The molecule has 0 saturated carbocycles. The second kappa shape index (κ2) is 2.45. The topological polar surface area (TPSA) is 38.0 Å². The maximum atomic E-state index is 13.3. The lowest BCUT2D eigenvalue weighted by atomic mass is 10.1. The van der Waals surface area contributed by atoms with Crippen LogP contribution >= 0.6 is 0 Å². The Morgan fingerprint density at radius 1 is 1.54 bits per heavy atom. The van der Waals surface area contributed by atoms with Gasteiger partial charge < -0.3 is 5.11 Å². The highest BCUT2D eigenvalue weighted by Gasteiger charge is 2.12. The largest absolute Gasteiger partial charge is 0.505 e. The Balaban J connectivity index is 2.92. The third-order valence-corrected chi connectivity index (χ3v) is 2.02. The molecule has 1 heterocycles. The van der Waals surface area contributed by atoms with Gasteiger partial charge in [-0.25, -0.2) is 4.39 Å². The summed E-state index contributed by atoms with van der Waals surface area (Å²) in [4.78, 5) is 0. The van der Waals surface area contributed by atoms with Crippen LogP contribution in [0, 0.1) is 12.7 Å². The summed E-state index contributed by atoms with van der Waals surface area (Å²) in [7, 11) is 1.71. The van der Waals surface area contributed by atoms with Gasteiger partial charge in [0.1, 0.15) is 5.52 Å². The lowest BCUT2D eigenvalue weighted by Crippen LogP contribution is -1.87. The van der Waals surface area contributed by atoms with Gasteiger partial charge >= 0.3 is 0 Å². The van der Waals surface area contributed by atoms with Gasteiger partial charge in [-0.1, -0.05) is 0 Å². The first-order valence-corrected chi connectivity index (χ1v) is 3.91. The molecule has 4 heteroatoms. The standard InChI is InChI=1S/C9H9FN2O/c1-5-3-6-4-12(2)11-8(6)7(10)9(5)13/h3-4,13H,1-2H3. The van der Waals surface area contributed by atoms with Gasteiger partial charge in [0, 0.05) is 18.6 Å². The number of hydrogen-bond donors (Lipinski definition) is 1. The van der Waals surface area contributed by atoms with Crippen molar-refractivity contribution in [2.24, 2.45) is 7.05 Å². The molecule has 3 nitrogen and oxygen atoms in total. The van der Waals surface area contributed by atoms with E-state index in [1.165, 1.54) is 4.68 Å². The van der Waals surface area contributed by atoms with Crippen molar-refractivity contribution < 1.29 is 9.50 Å². The van der Waals surface area contributed by atoms with Crippen molar-refractivity contribution in [2.45, 2.75) is 6.92 Å². The lowest BCUT2D eigenvalue weighted by molar-refractivity contribution is 0.431. The van der Waals surface area contributed by atoms with Crippen molar-refractivity contribution in [1.82, 2.24) is 9.78 Å². The van der Waals surface area contributed by atoms with Crippen LogP contribution in [0.2, 0.25) is 0 Å². The van der Waals surface area contributed by atoms with Crippen LogP contribution in [-0.2, 0) is 7.05 Å². The van der Waals surface area contributed by atoms with E-state index >= 15 is 0 Å². The number of aromatic hydroxyl groups is 1. The summed E-state index contributed by atoms with van der Waals surface area (Å²) >= 11 is 0. The molecule has 68 valence electrons. The zero-order valence-electron chi connectivity index (χ0n) is 7.37. The smallest absolute Gasteiger partial charge is 0.193 e. The zero-order chi connectivity index (χ0) is 9.59. The number of aryl methyl sites for hydroxylation is 2. The number of fused-ring (bicyclic) bond motifs is 1. The Hall–Kier alpha value is -1.58. The molecule has 2 rings (SSSR count). The molecule has 1 aromatic heterocycles. The van der Waals surface area contributed by atoms with E-state index in [1.807, 2.05) is 0 Å². The molecule has 0 aliphatic heterocycles. The molecule has 13 heavy (non-hydrogen) atoms. The normalized spacial score (nSPS) is 11.0. The molecule has 0 saturated heterocycles. The van der Waals surface area contributed by atoms with Gasteiger partial charge in [0.2, 0.25) is 0 Å². The number of benzene rings is 1. The lowest BCUT2D eigenvalue weighted by Gasteiger charge is -1.99. The summed E-state index contributed by atoms with van der Waals surface area (Å²) in [5, 5.41) is 13.9. The maximum Gasteiger partial charge on any atom is 0.193 e. The predicted octanol–water partition coefficient (Wildman–Crippen LogP) is 1.73. The van der Waals surface area contributed by atoms with Crippen molar-refractivity contribution in [2.75, 3.05) is 0 Å². The van der Waals surface area contributed by atoms with Crippen molar-refractivity contribution in [3.05, 3.63) is 23.6 Å². The summed E-state index contributed by atoms with van der Waals surface area (Å²) in [6.07, 6.45) is 1.71. The van der Waals surface area contributed by atoms with E-state index < -0.39 is 5.82 Å². The Morgan fingerprint density at radius 2 is 2.23 bits per heavy atom. The SMILES string of the molecule is Cc1cc2cn(C)nc2c(F)c1O. The number of halogens is 1. The molecule has 0 spiro atoms. The molecule has 0 fully saturated rings. The van der Waals surface area contributed by atoms with E-state index in [4.69, 9.17) is 0 Å². The molecule has 0 bridgehead atoms. The second-order valence-corrected chi connectivity index (χ2v) is 3.10. The average molecular weight is 180 g/mol. The van der Waals surface area contributed by atoms with Crippen LogP contribution in [-0.4, -0.2) is 14.9 Å². The Kier molecular flexibility index (Phi) is 1.52. The molecule has 0 aliphatic carbocycles. The fraction of sp³-hybridized carbons (Fsp3) is 0.222. The molecule has 0 aliphatic rings. The van der Waals surface area contributed by atoms with Crippen LogP contribution < -0.4 is 0 Å². The van der Waals surface area contributed by atoms with E-state index in [1.54, 1.807) is 26.2 Å². The van der Waals surface area contributed by atoms with E-state index in [-0.39, 0.29) is 11.3 Å². The minimum absolute atomic E-state index is 0.214. The van der Waals surface area contributed by atoms with Crippen molar-refractivity contribution in [3.8, 4) is 5.75 Å². The number of phenolic OH excluding ortho intramolecular Hbond substituents is 1. The van der Waals surface area contributed by atoms with Crippen LogP contribution in [0.3, 0.4) is 0 Å². The first kappa shape index (κ1) is 8.04. The molecule has 0 amide bonds. The quantitative estimate of drug-likeness (QED) is 0.670. The van der Waals surface area contributed by atoms with Crippen LogP contribution in [0.5, 0.6) is 5.75 Å². The minimum atomic E-state index is -0.643.